The van der Waals surface area contributed by atoms with E-state index in [9.17, 15) is 4.39 Å². The first-order valence-electron chi connectivity index (χ1n) is 18.8. The van der Waals surface area contributed by atoms with E-state index in [1.165, 1.54) is 64.0 Å². The molecule has 2 saturated carbocycles. The molecule has 5 atom stereocenters. The smallest absolute Gasteiger partial charge is 0.0146 e. The van der Waals surface area contributed by atoms with Crippen molar-refractivity contribution in [3.63, 3.8) is 0 Å². The number of hydrogen-bond acceptors (Lipinski definition) is 3. The van der Waals surface area contributed by atoms with Crippen LogP contribution in [-0.2, 0) is 13.5 Å². The number of halogens is 3. The summed E-state index contributed by atoms with van der Waals surface area (Å²) in [4.78, 5) is 7.45. The Labute approximate surface area is 312 Å². The molecule has 49 heavy (non-hydrogen) atoms. The first kappa shape index (κ1) is 40.8. The van der Waals surface area contributed by atoms with E-state index in [0.29, 0.717) is 24.8 Å². The van der Waals surface area contributed by atoms with Crippen LogP contribution in [0.25, 0.3) is 0 Å². The average molecular weight is 803 g/mol. The molecule has 5 rings (SSSR count). The van der Waals surface area contributed by atoms with Crippen LogP contribution in [0, 0.1) is 83.7 Å². The zero-order valence-electron chi connectivity index (χ0n) is 32.3. The van der Waals surface area contributed by atoms with Crippen LogP contribution in [0.4, 0.5) is 15.8 Å². The summed E-state index contributed by atoms with van der Waals surface area (Å²) in [5, 5.41) is 0. The number of rotatable bonds is 8. The minimum atomic E-state index is -1.85. The second kappa shape index (κ2) is 18.2. The molecule has 0 N–H and O–H groups in total. The summed E-state index contributed by atoms with van der Waals surface area (Å²) >= 11 is -1.85. The number of aryl methyl sites for hydroxylation is 6. The summed E-state index contributed by atoms with van der Waals surface area (Å²) in [6.45, 7) is 28.2. The van der Waals surface area contributed by atoms with E-state index < -0.39 is 19.7 Å². The van der Waals surface area contributed by atoms with Gasteiger partial charge in [-0.05, 0) is 63.8 Å². The number of benzene rings is 2. The summed E-state index contributed by atoms with van der Waals surface area (Å²) in [5.74, 6) is 3.73. The molecular weight excluding hydrogens is 737 g/mol. The Morgan fingerprint density at radius 1 is 0.796 bits per heavy atom. The van der Waals surface area contributed by atoms with E-state index in [2.05, 4.69) is 127 Å². The predicted octanol–water partition coefficient (Wildman–Crippen LogP) is 11.5. The zero-order valence-corrected chi connectivity index (χ0v) is 35.5. The predicted molar refractivity (Wildman–Crippen MR) is 211 cm³/mol. The molecule has 2 aromatic rings. The van der Waals surface area contributed by atoms with Gasteiger partial charge in [0.15, 0.2) is 0 Å². The van der Waals surface area contributed by atoms with Crippen molar-refractivity contribution in [2.24, 2.45) is 35.5 Å². The normalized spacial score (nSPS) is 26.3. The van der Waals surface area contributed by atoms with Gasteiger partial charge in [-0.25, -0.2) is 0 Å². The second-order valence-corrected chi connectivity index (χ2v) is 22.1. The number of anilines is 2. The van der Waals surface area contributed by atoms with Crippen molar-refractivity contribution in [1.29, 1.82) is 0 Å². The molecule has 0 bridgehead atoms. The van der Waals surface area contributed by atoms with Crippen molar-refractivity contribution in [2.45, 2.75) is 120 Å². The largest absolute Gasteiger partial charge is 0.502 e. The summed E-state index contributed by atoms with van der Waals surface area (Å²) in [5.41, 5.74) is 10.8. The minimum absolute atomic E-state index is 0.258. The van der Waals surface area contributed by atoms with Crippen LogP contribution < -0.4 is 9.80 Å². The van der Waals surface area contributed by atoms with Gasteiger partial charge in [-0.2, -0.15) is 6.67 Å². The average Bonchev–Trinajstić information content (AvgIpc) is 3.45. The molecule has 7 heteroatoms. The fraction of sp³-hybridized carbons (Fsp3) is 0.667. The molecule has 3 nitrogen and oxygen atoms in total. The van der Waals surface area contributed by atoms with E-state index in [1.807, 2.05) is 0 Å². The van der Waals surface area contributed by atoms with E-state index in [-0.39, 0.29) is 5.92 Å². The molecule has 0 spiro atoms. The zero-order chi connectivity index (χ0) is 36.2. The fourth-order valence-electron chi connectivity index (χ4n) is 9.64. The Balaban J connectivity index is 0.000000222. The van der Waals surface area contributed by atoms with Crippen LogP contribution in [0.5, 0.6) is 0 Å². The third-order valence-corrected chi connectivity index (χ3v) is 13.9. The monoisotopic (exact) mass is 802 g/mol. The molecule has 0 radical (unpaired) electrons. The Kier molecular flexibility index (Phi) is 15.1. The van der Waals surface area contributed by atoms with Crippen LogP contribution in [-0.4, -0.2) is 48.4 Å². The standard InChI is InChI=1S/C21H38FN.C21H27N2.2ClH.Ru/c1-14(2)19-8-7-9-20(15(3)4)21(19)23(6)13-17-10-11-18(22)12-16(17)5;1-14-9-16(3)20(17(4)10-14)22-7-8-23(13-22)21-18(5)11-15(2)12-19(21)6;;;/h5,14-21H,7-13H2,1-4,6H3;9-13H,7-8H2,1-6H3;2*1H;/q;-1;;;+2/p-2. The molecule has 1 aliphatic heterocycles. The Morgan fingerprint density at radius 3 is 1.65 bits per heavy atom. The van der Waals surface area contributed by atoms with Gasteiger partial charge in [-0.3, -0.25) is 0 Å². The first-order chi connectivity index (χ1) is 23.1. The Morgan fingerprint density at radius 2 is 1.24 bits per heavy atom. The van der Waals surface area contributed by atoms with E-state index in [1.54, 1.807) is 0 Å². The van der Waals surface area contributed by atoms with Gasteiger partial charge < -0.3 is 9.80 Å². The molecule has 1 saturated heterocycles. The van der Waals surface area contributed by atoms with Crippen molar-refractivity contribution >= 4 is 35.4 Å². The van der Waals surface area contributed by atoms with Gasteiger partial charge >= 0.3 is 174 Å². The van der Waals surface area contributed by atoms with Crippen molar-refractivity contribution in [1.82, 2.24) is 4.90 Å². The van der Waals surface area contributed by atoms with Crippen molar-refractivity contribution in [3.05, 3.63) is 64.3 Å². The van der Waals surface area contributed by atoms with Gasteiger partial charge in [0, 0.05) is 24.5 Å². The molecular formula is C42H65Cl2FN3Ru-. The van der Waals surface area contributed by atoms with Crippen molar-refractivity contribution < 1.29 is 17.9 Å². The molecule has 3 aliphatic rings. The van der Waals surface area contributed by atoms with Crippen molar-refractivity contribution in [2.75, 3.05) is 36.5 Å². The third kappa shape index (κ3) is 10.5. The van der Waals surface area contributed by atoms with Crippen LogP contribution in [0.3, 0.4) is 0 Å². The number of alkyl halides is 1. The van der Waals surface area contributed by atoms with E-state index in [4.69, 9.17) is 19.4 Å². The van der Waals surface area contributed by atoms with Gasteiger partial charge in [-0.1, -0.05) is 35.4 Å². The van der Waals surface area contributed by atoms with Crippen LogP contribution >= 0.6 is 19.4 Å². The molecule has 2 aliphatic carbocycles. The minimum Gasteiger partial charge on any atom is -0.502 e. The summed E-state index contributed by atoms with van der Waals surface area (Å²) in [6, 6.07) is 9.76. The summed E-state index contributed by atoms with van der Waals surface area (Å²) < 4.78 is 16.1. The Hall–Kier alpha value is -0.997. The summed E-state index contributed by atoms with van der Waals surface area (Å²) in [6.07, 6.45) is 5.67. The maximum Gasteiger partial charge on any atom is 0.0146 e. The van der Waals surface area contributed by atoms with Crippen LogP contribution in [0.2, 0.25) is 0 Å². The first-order valence-corrected chi connectivity index (χ1v) is 24.3. The molecule has 3 fully saturated rings. The maximum atomic E-state index is 14.0. The third-order valence-electron chi connectivity index (χ3n) is 11.6. The molecule has 2 aromatic carbocycles. The van der Waals surface area contributed by atoms with Crippen LogP contribution in [0.15, 0.2) is 24.3 Å². The van der Waals surface area contributed by atoms with Gasteiger partial charge in [0.1, 0.15) is 0 Å². The van der Waals surface area contributed by atoms with Crippen LogP contribution in [0.1, 0.15) is 99.6 Å². The quantitative estimate of drug-likeness (QED) is 0.194. The second-order valence-electron chi connectivity index (χ2n) is 16.3. The van der Waals surface area contributed by atoms with Gasteiger partial charge in [0.25, 0.3) is 0 Å². The SMILES string of the molecule is CC(C)C1CCCC(C(C)C)C1N(C)CC1CCC(F)CC1[CH]=[Ru]([Cl])[Cl].Cc1cc(C)c(N2[CH-]N(c3c(C)cc(C)cc3C)CC2)c(C)c1. The molecule has 0 amide bonds. The molecule has 1 heterocycles. The fourth-order valence-corrected chi connectivity index (χ4v) is 12.3. The molecule has 5 unspecified atom stereocenters. The van der Waals surface area contributed by atoms with E-state index >= 15 is 0 Å². The van der Waals surface area contributed by atoms with E-state index in [0.717, 1.165) is 49.7 Å². The molecule has 0 aromatic heterocycles. The van der Waals surface area contributed by atoms with Gasteiger partial charge in [-0.15, -0.1) is 0 Å². The van der Waals surface area contributed by atoms with Gasteiger partial charge in [0.05, 0.1) is 0 Å². The number of hydrogen-bond donors (Lipinski definition) is 0. The van der Waals surface area contributed by atoms with Crippen molar-refractivity contribution in [3.8, 4) is 0 Å². The summed E-state index contributed by atoms with van der Waals surface area (Å²) in [7, 11) is 14.6. The maximum absolute atomic E-state index is 14.0. The topological polar surface area (TPSA) is 9.72 Å². The molecule has 278 valence electrons. The Bertz CT molecular complexity index is 1300. The number of nitrogens with zero attached hydrogens (tertiary/aromatic N) is 3. The van der Waals surface area contributed by atoms with Gasteiger partial charge in [0.2, 0.25) is 0 Å².